The lowest BCUT2D eigenvalue weighted by Gasteiger charge is -2.13. The van der Waals surface area contributed by atoms with Crippen LogP contribution in [-0.2, 0) is 0 Å². The molecular formula is C12H13F2N3O2. The molecule has 7 heteroatoms. The van der Waals surface area contributed by atoms with Crippen LogP contribution in [0.5, 0.6) is 0 Å². The standard InChI is InChI=1S/C12H13F2N3O2/c13-12(14,6-18)5-16-11(19)10-4-7-3-8(15)1-2-9(7)17-10/h1-4,17-18H,5-6,15H2,(H,16,19). The van der Waals surface area contributed by atoms with Crippen molar-refractivity contribution in [2.24, 2.45) is 0 Å². The van der Waals surface area contributed by atoms with Gasteiger partial charge in [0, 0.05) is 16.6 Å². The number of amides is 1. The molecule has 1 aromatic carbocycles. The van der Waals surface area contributed by atoms with Gasteiger partial charge in [-0.1, -0.05) is 0 Å². The van der Waals surface area contributed by atoms with Crippen LogP contribution in [0.2, 0.25) is 0 Å². The maximum atomic E-state index is 12.8. The third-order valence-electron chi connectivity index (χ3n) is 2.63. The number of H-pyrrole nitrogens is 1. The van der Waals surface area contributed by atoms with Crippen molar-refractivity contribution in [3.8, 4) is 0 Å². The lowest BCUT2D eigenvalue weighted by molar-refractivity contribution is -0.0462. The van der Waals surface area contributed by atoms with Gasteiger partial charge in [-0.25, -0.2) is 8.78 Å². The second kappa shape index (κ2) is 4.85. The molecule has 5 nitrogen and oxygen atoms in total. The molecule has 19 heavy (non-hydrogen) atoms. The van der Waals surface area contributed by atoms with E-state index in [-0.39, 0.29) is 5.69 Å². The van der Waals surface area contributed by atoms with Crippen molar-refractivity contribution >= 4 is 22.5 Å². The van der Waals surface area contributed by atoms with E-state index < -0.39 is 25.0 Å². The number of benzene rings is 1. The zero-order valence-electron chi connectivity index (χ0n) is 9.91. The highest BCUT2D eigenvalue weighted by molar-refractivity contribution is 5.98. The summed E-state index contributed by atoms with van der Waals surface area (Å²) in [5.74, 6) is -3.99. The summed E-state index contributed by atoms with van der Waals surface area (Å²) >= 11 is 0. The second-order valence-corrected chi connectivity index (χ2v) is 4.23. The number of carbonyl (C=O) groups excluding carboxylic acids is 1. The predicted octanol–water partition coefficient (Wildman–Crippen LogP) is 1.11. The minimum atomic E-state index is -3.33. The zero-order chi connectivity index (χ0) is 14.0. The van der Waals surface area contributed by atoms with Gasteiger partial charge in [-0.3, -0.25) is 4.79 Å². The largest absolute Gasteiger partial charge is 0.399 e. The van der Waals surface area contributed by atoms with E-state index in [1.807, 2.05) is 0 Å². The molecule has 0 fully saturated rings. The number of aromatic nitrogens is 1. The number of hydrogen-bond donors (Lipinski definition) is 4. The molecule has 102 valence electrons. The first kappa shape index (κ1) is 13.3. The molecular weight excluding hydrogens is 256 g/mol. The van der Waals surface area contributed by atoms with Gasteiger partial charge in [0.2, 0.25) is 0 Å². The Labute approximate surface area is 107 Å². The minimum absolute atomic E-state index is 0.161. The van der Waals surface area contributed by atoms with Crippen molar-refractivity contribution in [2.45, 2.75) is 5.92 Å². The molecule has 0 aliphatic rings. The maximum absolute atomic E-state index is 12.8. The number of halogens is 2. The monoisotopic (exact) mass is 269 g/mol. The summed E-state index contributed by atoms with van der Waals surface area (Å²) in [6, 6.07) is 6.56. The quantitative estimate of drug-likeness (QED) is 0.626. The van der Waals surface area contributed by atoms with Crippen LogP contribution < -0.4 is 11.1 Å². The van der Waals surface area contributed by atoms with Gasteiger partial charge in [0.25, 0.3) is 11.8 Å². The molecule has 0 aliphatic heterocycles. The van der Waals surface area contributed by atoms with Gasteiger partial charge in [-0.15, -0.1) is 0 Å². The molecule has 1 heterocycles. The Balaban J connectivity index is 2.13. The fourth-order valence-corrected chi connectivity index (χ4v) is 1.63. The number of nitrogens with one attached hydrogen (secondary N) is 2. The molecule has 1 amide bonds. The van der Waals surface area contributed by atoms with Crippen molar-refractivity contribution in [1.82, 2.24) is 10.3 Å². The number of aliphatic hydroxyl groups is 1. The molecule has 0 spiro atoms. The lowest BCUT2D eigenvalue weighted by Crippen LogP contribution is -2.39. The first-order valence-electron chi connectivity index (χ1n) is 5.56. The molecule has 0 unspecified atom stereocenters. The minimum Gasteiger partial charge on any atom is -0.399 e. The Bertz CT molecular complexity index is 610. The molecule has 1 aromatic heterocycles. The fourth-order valence-electron chi connectivity index (χ4n) is 1.63. The summed E-state index contributed by atoms with van der Waals surface area (Å²) in [7, 11) is 0. The van der Waals surface area contributed by atoms with E-state index in [9.17, 15) is 13.6 Å². The fraction of sp³-hybridized carbons (Fsp3) is 0.250. The number of alkyl halides is 2. The van der Waals surface area contributed by atoms with Crippen molar-refractivity contribution in [3.05, 3.63) is 30.0 Å². The van der Waals surface area contributed by atoms with E-state index in [1.54, 1.807) is 18.2 Å². The van der Waals surface area contributed by atoms with E-state index in [0.29, 0.717) is 11.2 Å². The molecule has 0 bridgehead atoms. The van der Waals surface area contributed by atoms with Crippen LogP contribution in [0, 0.1) is 0 Å². The maximum Gasteiger partial charge on any atom is 0.287 e. The van der Waals surface area contributed by atoms with Gasteiger partial charge < -0.3 is 21.1 Å². The molecule has 0 atom stereocenters. The van der Waals surface area contributed by atoms with Gasteiger partial charge in [-0.2, -0.15) is 0 Å². The van der Waals surface area contributed by atoms with E-state index in [4.69, 9.17) is 10.8 Å². The average molecular weight is 269 g/mol. The van der Waals surface area contributed by atoms with Gasteiger partial charge in [0.1, 0.15) is 12.3 Å². The summed E-state index contributed by atoms with van der Waals surface area (Å²) in [6.07, 6.45) is 0. The summed E-state index contributed by atoms with van der Waals surface area (Å²) in [5, 5.41) is 11.2. The number of nitrogens with two attached hydrogens (primary N) is 1. The Kier molecular flexibility index (Phi) is 3.39. The van der Waals surface area contributed by atoms with Crippen LogP contribution >= 0.6 is 0 Å². The Morgan fingerprint density at radius 3 is 2.84 bits per heavy atom. The normalized spacial score (nSPS) is 11.7. The van der Waals surface area contributed by atoms with Crippen molar-refractivity contribution < 1.29 is 18.7 Å². The van der Waals surface area contributed by atoms with Crippen molar-refractivity contribution in [3.63, 3.8) is 0 Å². The summed E-state index contributed by atoms with van der Waals surface area (Å²) in [6.45, 7) is -2.23. The Hall–Kier alpha value is -2.15. The number of aromatic amines is 1. The highest BCUT2D eigenvalue weighted by atomic mass is 19.3. The van der Waals surface area contributed by atoms with Crippen LogP contribution in [0.25, 0.3) is 10.9 Å². The van der Waals surface area contributed by atoms with Gasteiger partial charge in [0.15, 0.2) is 0 Å². The Morgan fingerprint density at radius 1 is 1.42 bits per heavy atom. The van der Waals surface area contributed by atoms with E-state index in [1.165, 1.54) is 6.07 Å². The molecule has 5 N–H and O–H groups in total. The number of anilines is 1. The van der Waals surface area contributed by atoms with Gasteiger partial charge >= 0.3 is 0 Å². The van der Waals surface area contributed by atoms with Crippen LogP contribution in [-0.4, -0.2) is 35.1 Å². The third kappa shape index (κ3) is 3.00. The van der Waals surface area contributed by atoms with Crippen LogP contribution in [0.4, 0.5) is 14.5 Å². The molecule has 2 rings (SSSR count). The highest BCUT2D eigenvalue weighted by Crippen LogP contribution is 2.18. The lowest BCUT2D eigenvalue weighted by atomic mass is 10.2. The molecule has 0 saturated carbocycles. The van der Waals surface area contributed by atoms with Gasteiger partial charge in [0.05, 0.1) is 6.54 Å². The number of hydrogen-bond acceptors (Lipinski definition) is 3. The molecule has 2 aromatic rings. The SMILES string of the molecule is Nc1ccc2[nH]c(C(=O)NCC(F)(F)CO)cc2c1. The smallest absolute Gasteiger partial charge is 0.287 e. The van der Waals surface area contributed by atoms with Crippen molar-refractivity contribution in [2.75, 3.05) is 18.9 Å². The van der Waals surface area contributed by atoms with Crippen LogP contribution in [0.15, 0.2) is 24.3 Å². The molecule has 0 aliphatic carbocycles. The average Bonchev–Trinajstić information content (AvgIpc) is 2.79. The summed E-state index contributed by atoms with van der Waals surface area (Å²) in [5.41, 5.74) is 7.00. The predicted molar refractivity (Wildman–Crippen MR) is 67.1 cm³/mol. The third-order valence-corrected chi connectivity index (χ3v) is 2.63. The topological polar surface area (TPSA) is 91.1 Å². The summed E-state index contributed by atoms with van der Waals surface area (Å²) in [4.78, 5) is 14.5. The van der Waals surface area contributed by atoms with Crippen LogP contribution in [0.1, 0.15) is 10.5 Å². The Morgan fingerprint density at radius 2 is 2.16 bits per heavy atom. The first-order valence-corrected chi connectivity index (χ1v) is 5.56. The number of aliphatic hydroxyl groups excluding tert-OH is 1. The highest BCUT2D eigenvalue weighted by Gasteiger charge is 2.28. The first-order chi connectivity index (χ1) is 8.91. The van der Waals surface area contributed by atoms with E-state index >= 15 is 0 Å². The summed E-state index contributed by atoms with van der Waals surface area (Å²) < 4.78 is 25.6. The molecule has 0 radical (unpaired) electrons. The number of rotatable bonds is 4. The second-order valence-electron chi connectivity index (χ2n) is 4.23. The van der Waals surface area contributed by atoms with Crippen LogP contribution in [0.3, 0.4) is 0 Å². The number of fused-ring (bicyclic) bond motifs is 1. The number of nitrogen functional groups attached to an aromatic ring is 1. The van der Waals surface area contributed by atoms with E-state index in [0.717, 1.165) is 5.39 Å². The van der Waals surface area contributed by atoms with E-state index in [2.05, 4.69) is 10.3 Å². The molecule has 0 saturated heterocycles. The number of carbonyl (C=O) groups is 1. The zero-order valence-corrected chi connectivity index (χ0v) is 9.91. The van der Waals surface area contributed by atoms with Crippen molar-refractivity contribution in [1.29, 1.82) is 0 Å². The van der Waals surface area contributed by atoms with Gasteiger partial charge in [-0.05, 0) is 24.3 Å².